The van der Waals surface area contributed by atoms with Gasteiger partial charge in [0.15, 0.2) is 0 Å². The van der Waals surface area contributed by atoms with Gasteiger partial charge in [0.1, 0.15) is 17.6 Å². The average molecular weight is 598 g/mol. The van der Waals surface area contributed by atoms with Crippen LogP contribution in [0.15, 0.2) is 78.9 Å². The Balaban J connectivity index is 1.90. The van der Waals surface area contributed by atoms with Crippen LogP contribution in [-0.4, -0.2) is 57.1 Å². The van der Waals surface area contributed by atoms with Crippen molar-refractivity contribution >= 4 is 27.5 Å². The molecule has 1 N–H and O–H groups in total. The van der Waals surface area contributed by atoms with Crippen LogP contribution in [0.1, 0.15) is 44.2 Å². The Bertz CT molecular complexity index is 1420. The summed E-state index contributed by atoms with van der Waals surface area (Å²) < 4.78 is 45.7. The summed E-state index contributed by atoms with van der Waals surface area (Å²) >= 11 is 0. The highest BCUT2D eigenvalue weighted by Crippen LogP contribution is 2.30. The highest BCUT2D eigenvalue weighted by Gasteiger charge is 2.31. The number of ether oxygens (including phenoxy) is 1. The standard InChI is InChI=1S/C32H40FN3O5S/c1-5-24(2)34-32(38)29(22-25-12-7-6-8-13-25)35(23-26-17-19-27(33)20-18-26)31(37)16-11-21-36(42(4,39)40)28-14-9-10-15-30(28)41-3/h6-10,12-15,17-20,24,29H,5,11,16,21-23H2,1-4H3,(H,34,38)/t24-,29+/m1/s1. The number of rotatable bonds is 15. The molecule has 42 heavy (non-hydrogen) atoms. The number of amides is 2. The first-order valence-electron chi connectivity index (χ1n) is 14.0. The van der Waals surface area contributed by atoms with Crippen LogP contribution in [0.4, 0.5) is 10.1 Å². The third-order valence-corrected chi connectivity index (χ3v) is 8.22. The van der Waals surface area contributed by atoms with Gasteiger partial charge in [0.2, 0.25) is 21.8 Å². The van der Waals surface area contributed by atoms with Gasteiger partial charge in [0, 0.05) is 32.0 Å². The number of methoxy groups -OCH3 is 1. The van der Waals surface area contributed by atoms with E-state index in [1.807, 2.05) is 44.2 Å². The first kappa shape index (κ1) is 32.6. The van der Waals surface area contributed by atoms with E-state index in [-0.39, 0.29) is 50.2 Å². The second kappa shape index (κ2) is 15.3. The Morgan fingerprint density at radius 2 is 1.60 bits per heavy atom. The molecule has 0 fully saturated rings. The van der Waals surface area contributed by atoms with Gasteiger partial charge in [-0.05, 0) is 55.2 Å². The van der Waals surface area contributed by atoms with Crippen molar-refractivity contribution < 1.29 is 27.1 Å². The van der Waals surface area contributed by atoms with Crippen molar-refractivity contribution in [1.29, 1.82) is 0 Å². The van der Waals surface area contributed by atoms with E-state index in [1.54, 1.807) is 36.4 Å². The van der Waals surface area contributed by atoms with Crippen LogP contribution in [0.3, 0.4) is 0 Å². The number of para-hydroxylation sites is 2. The summed E-state index contributed by atoms with van der Waals surface area (Å²) in [5.74, 6) is -0.593. The quantitative estimate of drug-likeness (QED) is 0.268. The summed E-state index contributed by atoms with van der Waals surface area (Å²) in [7, 11) is -2.21. The lowest BCUT2D eigenvalue weighted by Crippen LogP contribution is -2.52. The number of anilines is 1. The third-order valence-electron chi connectivity index (χ3n) is 7.04. The predicted molar refractivity (Wildman–Crippen MR) is 163 cm³/mol. The molecule has 0 saturated carbocycles. The van der Waals surface area contributed by atoms with Crippen LogP contribution >= 0.6 is 0 Å². The molecule has 0 radical (unpaired) electrons. The van der Waals surface area contributed by atoms with Gasteiger partial charge < -0.3 is 15.0 Å². The molecule has 2 amide bonds. The monoisotopic (exact) mass is 597 g/mol. The number of sulfonamides is 1. The lowest BCUT2D eigenvalue weighted by Gasteiger charge is -2.32. The normalized spacial score (nSPS) is 12.7. The van der Waals surface area contributed by atoms with E-state index >= 15 is 0 Å². The number of hydrogen-bond acceptors (Lipinski definition) is 5. The van der Waals surface area contributed by atoms with Crippen molar-refractivity contribution in [3.05, 3.63) is 95.8 Å². The van der Waals surface area contributed by atoms with Gasteiger partial charge in [0.05, 0.1) is 19.1 Å². The topological polar surface area (TPSA) is 96.0 Å². The van der Waals surface area contributed by atoms with Crippen LogP contribution < -0.4 is 14.4 Å². The molecule has 0 spiro atoms. The number of carbonyl (C=O) groups is 2. The van der Waals surface area contributed by atoms with E-state index < -0.39 is 21.9 Å². The third kappa shape index (κ3) is 9.30. The Labute approximate surface area is 248 Å². The van der Waals surface area contributed by atoms with E-state index in [1.165, 1.54) is 28.4 Å². The summed E-state index contributed by atoms with van der Waals surface area (Å²) in [5, 5.41) is 3.01. The minimum Gasteiger partial charge on any atom is -0.495 e. The van der Waals surface area contributed by atoms with E-state index in [4.69, 9.17) is 4.74 Å². The van der Waals surface area contributed by atoms with Gasteiger partial charge in [-0.3, -0.25) is 13.9 Å². The van der Waals surface area contributed by atoms with E-state index in [2.05, 4.69) is 5.32 Å². The Morgan fingerprint density at radius 3 is 2.21 bits per heavy atom. The maximum atomic E-state index is 13.9. The maximum absolute atomic E-state index is 13.9. The molecule has 0 heterocycles. The molecule has 3 aromatic rings. The van der Waals surface area contributed by atoms with Gasteiger partial charge in [0.25, 0.3) is 0 Å². The molecule has 0 saturated heterocycles. The van der Waals surface area contributed by atoms with Gasteiger partial charge >= 0.3 is 0 Å². The van der Waals surface area contributed by atoms with Crippen molar-refractivity contribution in [2.45, 2.75) is 58.2 Å². The van der Waals surface area contributed by atoms with E-state index in [9.17, 15) is 22.4 Å². The zero-order valence-electron chi connectivity index (χ0n) is 24.6. The summed E-state index contributed by atoms with van der Waals surface area (Å²) in [6.07, 6.45) is 2.31. The fraction of sp³-hybridized carbons (Fsp3) is 0.375. The Morgan fingerprint density at radius 1 is 0.952 bits per heavy atom. The minimum atomic E-state index is -3.68. The molecule has 226 valence electrons. The lowest BCUT2D eigenvalue weighted by molar-refractivity contribution is -0.141. The summed E-state index contributed by atoms with van der Waals surface area (Å²) in [4.78, 5) is 29.0. The molecular formula is C32H40FN3O5S. The Hall–Kier alpha value is -3.92. The molecule has 10 heteroatoms. The first-order valence-corrected chi connectivity index (χ1v) is 15.9. The second-order valence-electron chi connectivity index (χ2n) is 10.3. The van der Waals surface area contributed by atoms with Gasteiger partial charge in [-0.15, -0.1) is 0 Å². The molecule has 0 aliphatic rings. The average Bonchev–Trinajstić information content (AvgIpc) is 2.97. The molecule has 0 aliphatic heterocycles. The first-order chi connectivity index (χ1) is 20.0. The van der Waals surface area contributed by atoms with Crippen molar-refractivity contribution in [2.24, 2.45) is 0 Å². The lowest BCUT2D eigenvalue weighted by atomic mass is 10.0. The molecular weight excluding hydrogens is 557 g/mol. The maximum Gasteiger partial charge on any atom is 0.243 e. The number of carbonyl (C=O) groups excluding carboxylic acids is 2. The number of nitrogens with zero attached hydrogens (tertiary/aromatic N) is 2. The molecule has 0 aliphatic carbocycles. The van der Waals surface area contributed by atoms with E-state index in [0.717, 1.165) is 18.2 Å². The van der Waals surface area contributed by atoms with Gasteiger partial charge in [-0.2, -0.15) is 0 Å². The largest absolute Gasteiger partial charge is 0.495 e. The van der Waals surface area contributed by atoms with Crippen molar-refractivity contribution in [1.82, 2.24) is 10.2 Å². The Kier molecular flexibility index (Phi) is 11.9. The van der Waals surface area contributed by atoms with Crippen LogP contribution in [0.5, 0.6) is 5.75 Å². The zero-order chi connectivity index (χ0) is 30.7. The highest BCUT2D eigenvalue weighted by atomic mass is 32.2. The summed E-state index contributed by atoms with van der Waals surface area (Å²) in [5.41, 5.74) is 1.94. The number of hydrogen-bond donors (Lipinski definition) is 1. The zero-order valence-corrected chi connectivity index (χ0v) is 25.4. The molecule has 2 atom stereocenters. The van der Waals surface area contributed by atoms with Crippen LogP contribution in [0.2, 0.25) is 0 Å². The van der Waals surface area contributed by atoms with Crippen molar-refractivity contribution in [3.63, 3.8) is 0 Å². The van der Waals surface area contributed by atoms with Crippen LogP contribution in [0.25, 0.3) is 0 Å². The molecule has 3 aromatic carbocycles. The second-order valence-corrected chi connectivity index (χ2v) is 12.2. The van der Waals surface area contributed by atoms with Gasteiger partial charge in [-0.25, -0.2) is 12.8 Å². The molecule has 3 rings (SSSR count). The van der Waals surface area contributed by atoms with Crippen molar-refractivity contribution in [3.8, 4) is 5.75 Å². The number of halogens is 1. The SMILES string of the molecule is CC[C@@H](C)NC(=O)[C@H](Cc1ccccc1)N(Cc1ccc(F)cc1)C(=O)CCCN(c1ccccc1OC)S(C)(=O)=O. The summed E-state index contributed by atoms with van der Waals surface area (Å²) in [6.45, 7) is 4.00. The molecule has 0 unspecified atom stereocenters. The minimum absolute atomic E-state index is 0.00966. The smallest absolute Gasteiger partial charge is 0.243 e. The summed E-state index contributed by atoms with van der Waals surface area (Å²) in [6, 6.07) is 21.1. The number of benzene rings is 3. The van der Waals surface area contributed by atoms with Crippen molar-refractivity contribution in [2.75, 3.05) is 24.2 Å². The molecule has 0 bridgehead atoms. The fourth-order valence-corrected chi connectivity index (χ4v) is 5.57. The van der Waals surface area contributed by atoms with Crippen LogP contribution in [0, 0.1) is 5.82 Å². The predicted octanol–water partition coefficient (Wildman–Crippen LogP) is 4.94. The van der Waals surface area contributed by atoms with Gasteiger partial charge in [-0.1, -0.05) is 61.5 Å². The van der Waals surface area contributed by atoms with Crippen LogP contribution in [-0.2, 0) is 32.6 Å². The molecule has 8 nitrogen and oxygen atoms in total. The highest BCUT2D eigenvalue weighted by molar-refractivity contribution is 7.92. The number of nitrogens with one attached hydrogen (secondary N) is 1. The van der Waals surface area contributed by atoms with E-state index in [0.29, 0.717) is 17.0 Å². The fourth-order valence-electron chi connectivity index (χ4n) is 4.60. The molecule has 0 aromatic heterocycles.